The van der Waals surface area contributed by atoms with Crippen molar-refractivity contribution >= 4 is 27.4 Å². The van der Waals surface area contributed by atoms with Crippen LogP contribution in [0.4, 0.5) is 11.4 Å². The van der Waals surface area contributed by atoms with Crippen molar-refractivity contribution in [2.75, 3.05) is 22.8 Å². The Bertz CT molecular complexity index is 623. The van der Waals surface area contributed by atoms with Crippen LogP contribution in [0, 0.1) is 0 Å². The predicted molar refractivity (Wildman–Crippen MR) is 74.8 cm³/mol. The molecule has 104 valence electrons. The molecule has 7 heteroatoms. The Morgan fingerprint density at radius 2 is 2.05 bits per heavy atom. The molecule has 6 nitrogen and oxygen atoms in total. The number of benzene rings is 1. The van der Waals surface area contributed by atoms with E-state index in [0.717, 1.165) is 10.6 Å². The molecule has 0 aliphatic carbocycles. The second kappa shape index (κ2) is 5.31. The summed E-state index contributed by atoms with van der Waals surface area (Å²) in [6.07, 6.45) is 1.01. The smallest absolute Gasteiger partial charge is 0.337 e. The van der Waals surface area contributed by atoms with Gasteiger partial charge in [-0.15, -0.1) is 0 Å². The zero-order chi connectivity index (χ0) is 14.8. The van der Waals surface area contributed by atoms with Crippen molar-refractivity contribution in [3.05, 3.63) is 35.9 Å². The fourth-order valence-electron chi connectivity index (χ4n) is 1.57. The van der Waals surface area contributed by atoms with E-state index in [1.807, 2.05) is 0 Å². The quantitative estimate of drug-likeness (QED) is 0.627. The second-order valence-corrected chi connectivity index (χ2v) is 6.22. The predicted octanol–water partition coefficient (Wildman–Crippen LogP) is 1.31. The van der Waals surface area contributed by atoms with Crippen molar-refractivity contribution < 1.29 is 18.3 Å². The number of nitrogen functional groups attached to an aromatic ring is 1. The average molecular weight is 284 g/mol. The van der Waals surface area contributed by atoms with E-state index in [1.165, 1.54) is 18.2 Å². The van der Waals surface area contributed by atoms with Crippen LogP contribution in [-0.2, 0) is 10.0 Å². The summed E-state index contributed by atoms with van der Waals surface area (Å²) in [5.74, 6) is -1.24. The van der Waals surface area contributed by atoms with E-state index in [-0.39, 0.29) is 23.5 Å². The van der Waals surface area contributed by atoms with Crippen LogP contribution in [0.25, 0.3) is 0 Å². The second-order valence-electron chi connectivity index (χ2n) is 4.31. The van der Waals surface area contributed by atoms with Gasteiger partial charge in [-0.25, -0.2) is 13.2 Å². The Hall–Kier alpha value is -2.02. The third-order valence-electron chi connectivity index (χ3n) is 2.33. The van der Waals surface area contributed by atoms with E-state index < -0.39 is 16.0 Å². The summed E-state index contributed by atoms with van der Waals surface area (Å²) < 4.78 is 24.6. The summed E-state index contributed by atoms with van der Waals surface area (Å²) in [7, 11) is -3.61. The standard InChI is InChI=1S/C12H16N2O4S/c1-8(2)7-14(19(3,17)18)11-5-4-9(13)6-10(11)12(15)16/h4-6H,1,7,13H2,2-3H3,(H,15,16). The molecule has 0 aromatic heterocycles. The van der Waals surface area contributed by atoms with Crippen LogP contribution in [0.5, 0.6) is 0 Å². The van der Waals surface area contributed by atoms with E-state index in [4.69, 9.17) is 10.8 Å². The minimum absolute atomic E-state index is 0.0169. The van der Waals surface area contributed by atoms with Crippen LogP contribution in [0.3, 0.4) is 0 Å². The van der Waals surface area contributed by atoms with Crippen LogP contribution in [0.1, 0.15) is 17.3 Å². The van der Waals surface area contributed by atoms with E-state index in [2.05, 4.69) is 6.58 Å². The minimum atomic E-state index is -3.61. The van der Waals surface area contributed by atoms with Crippen LogP contribution in [0.2, 0.25) is 0 Å². The number of aromatic carboxylic acids is 1. The highest BCUT2D eigenvalue weighted by Gasteiger charge is 2.23. The van der Waals surface area contributed by atoms with Gasteiger partial charge in [-0.1, -0.05) is 12.2 Å². The van der Waals surface area contributed by atoms with Gasteiger partial charge in [-0.2, -0.15) is 0 Å². The number of carbonyl (C=O) groups is 1. The number of sulfonamides is 1. The van der Waals surface area contributed by atoms with Crippen molar-refractivity contribution in [3.8, 4) is 0 Å². The largest absolute Gasteiger partial charge is 0.478 e. The van der Waals surface area contributed by atoms with E-state index in [0.29, 0.717) is 5.57 Å². The molecule has 0 aliphatic heterocycles. The summed E-state index contributed by atoms with van der Waals surface area (Å²) in [5.41, 5.74) is 6.29. The third kappa shape index (κ3) is 3.72. The van der Waals surface area contributed by atoms with Crippen molar-refractivity contribution in [3.63, 3.8) is 0 Å². The van der Waals surface area contributed by atoms with E-state index in [9.17, 15) is 13.2 Å². The van der Waals surface area contributed by atoms with Gasteiger partial charge in [0.25, 0.3) is 0 Å². The normalized spacial score (nSPS) is 11.1. The minimum Gasteiger partial charge on any atom is -0.478 e. The molecule has 0 heterocycles. The van der Waals surface area contributed by atoms with Crippen molar-refractivity contribution in [1.82, 2.24) is 0 Å². The van der Waals surface area contributed by atoms with Gasteiger partial charge in [-0.05, 0) is 25.1 Å². The SMILES string of the molecule is C=C(C)CN(c1ccc(N)cc1C(=O)O)S(C)(=O)=O. The molecule has 0 unspecified atom stereocenters. The molecular weight excluding hydrogens is 268 g/mol. The first-order valence-electron chi connectivity index (χ1n) is 5.38. The average Bonchev–Trinajstić information content (AvgIpc) is 2.24. The summed E-state index contributed by atoms with van der Waals surface area (Å²) in [4.78, 5) is 11.2. The van der Waals surface area contributed by atoms with Crippen LogP contribution < -0.4 is 10.0 Å². The van der Waals surface area contributed by atoms with Crippen LogP contribution in [0.15, 0.2) is 30.4 Å². The first-order valence-corrected chi connectivity index (χ1v) is 7.22. The van der Waals surface area contributed by atoms with Gasteiger partial charge >= 0.3 is 5.97 Å². The van der Waals surface area contributed by atoms with Gasteiger partial charge in [0, 0.05) is 5.69 Å². The number of carboxylic acids is 1. The lowest BCUT2D eigenvalue weighted by Gasteiger charge is -2.24. The van der Waals surface area contributed by atoms with Crippen molar-refractivity contribution in [2.45, 2.75) is 6.92 Å². The molecular formula is C12H16N2O4S. The first-order chi connectivity index (χ1) is 8.62. The molecule has 1 rings (SSSR count). The Kier molecular flexibility index (Phi) is 4.21. The summed E-state index contributed by atoms with van der Waals surface area (Å²) >= 11 is 0. The van der Waals surface area contributed by atoms with Gasteiger partial charge in [-0.3, -0.25) is 4.31 Å². The van der Waals surface area contributed by atoms with Crippen molar-refractivity contribution in [1.29, 1.82) is 0 Å². The zero-order valence-electron chi connectivity index (χ0n) is 10.8. The van der Waals surface area contributed by atoms with Gasteiger partial charge in [0.1, 0.15) is 0 Å². The highest BCUT2D eigenvalue weighted by molar-refractivity contribution is 7.92. The maximum atomic E-state index is 11.8. The molecule has 0 bridgehead atoms. The monoisotopic (exact) mass is 284 g/mol. The number of anilines is 2. The lowest BCUT2D eigenvalue weighted by molar-refractivity contribution is 0.0698. The molecule has 0 aliphatic rings. The Labute approximate surface area is 112 Å². The Morgan fingerprint density at radius 1 is 1.47 bits per heavy atom. The highest BCUT2D eigenvalue weighted by atomic mass is 32.2. The zero-order valence-corrected chi connectivity index (χ0v) is 11.6. The molecule has 0 atom stereocenters. The molecule has 0 radical (unpaired) electrons. The fraction of sp³-hybridized carbons (Fsp3) is 0.250. The Balaban J connectivity index is 3.46. The van der Waals surface area contributed by atoms with Gasteiger partial charge in [0.2, 0.25) is 10.0 Å². The Morgan fingerprint density at radius 3 is 2.47 bits per heavy atom. The summed E-state index contributed by atoms with van der Waals surface area (Å²) in [6, 6.07) is 4.06. The first kappa shape index (κ1) is 15.0. The molecule has 1 aromatic rings. The number of nitrogens with two attached hydrogens (primary N) is 1. The number of hydrogen-bond acceptors (Lipinski definition) is 4. The van der Waals surface area contributed by atoms with E-state index >= 15 is 0 Å². The molecule has 0 spiro atoms. The number of nitrogens with zero attached hydrogens (tertiary/aromatic N) is 1. The maximum Gasteiger partial charge on any atom is 0.337 e. The van der Waals surface area contributed by atoms with Gasteiger partial charge in [0.05, 0.1) is 24.1 Å². The van der Waals surface area contributed by atoms with Gasteiger partial charge in [0.15, 0.2) is 0 Å². The van der Waals surface area contributed by atoms with Crippen LogP contribution in [-0.4, -0.2) is 32.3 Å². The fourth-order valence-corrected chi connectivity index (χ4v) is 2.54. The van der Waals surface area contributed by atoms with E-state index in [1.54, 1.807) is 6.92 Å². The summed E-state index contributed by atoms with van der Waals surface area (Å²) in [6.45, 7) is 5.33. The molecule has 19 heavy (non-hydrogen) atoms. The number of carboxylic acid groups (broad SMARTS) is 1. The number of rotatable bonds is 5. The molecule has 3 N–H and O–H groups in total. The molecule has 0 saturated carbocycles. The number of hydrogen-bond donors (Lipinski definition) is 2. The topological polar surface area (TPSA) is 101 Å². The molecule has 0 saturated heterocycles. The molecule has 1 aromatic carbocycles. The lowest BCUT2D eigenvalue weighted by Crippen LogP contribution is -2.32. The van der Waals surface area contributed by atoms with Crippen molar-refractivity contribution in [2.24, 2.45) is 0 Å². The maximum absolute atomic E-state index is 11.8. The van der Waals surface area contributed by atoms with Crippen LogP contribution >= 0.6 is 0 Å². The summed E-state index contributed by atoms with van der Waals surface area (Å²) in [5, 5.41) is 9.14. The van der Waals surface area contributed by atoms with Gasteiger partial charge < -0.3 is 10.8 Å². The molecule has 0 amide bonds. The lowest BCUT2D eigenvalue weighted by atomic mass is 10.1. The third-order valence-corrected chi connectivity index (χ3v) is 3.46. The molecule has 0 fully saturated rings. The highest BCUT2D eigenvalue weighted by Crippen LogP contribution is 2.26.